The van der Waals surface area contributed by atoms with Crippen LogP contribution in [-0.4, -0.2) is 24.0 Å². The third kappa shape index (κ3) is 3.16. The molecular weight excluding hydrogens is 238 g/mol. The van der Waals surface area contributed by atoms with Crippen molar-refractivity contribution < 1.29 is 9.53 Å². The van der Waals surface area contributed by atoms with E-state index in [0.717, 1.165) is 25.8 Å². The molecule has 0 bridgehead atoms. The summed E-state index contributed by atoms with van der Waals surface area (Å²) >= 11 is 0. The van der Waals surface area contributed by atoms with Gasteiger partial charge < -0.3 is 10.1 Å². The zero-order valence-corrected chi connectivity index (χ0v) is 12.0. The van der Waals surface area contributed by atoms with Crippen molar-refractivity contribution in [1.82, 2.24) is 5.32 Å². The summed E-state index contributed by atoms with van der Waals surface area (Å²) < 4.78 is 5.75. The number of rotatable bonds is 4. The number of hydrogen-bond donors (Lipinski definition) is 1. The summed E-state index contributed by atoms with van der Waals surface area (Å²) in [7, 11) is 0. The standard InChI is InChI=1S/C16H23NO2/c1-12(2)19-14-9-5-4-8-13(14)15(18)16(3)10-6-7-11-17-16/h4-5,8-9,12,17H,6-7,10-11H2,1-3H3. The van der Waals surface area contributed by atoms with Crippen molar-refractivity contribution in [3.05, 3.63) is 29.8 Å². The van der Waals surface area contributed by atoms with E-state index in [9.17, 15) is 4.79 Å². The van der Waals surface area contributed by atoms with E-state index in [1.807, 2.05) is 45.0 Å². The van der Waals surface area contributed by atoms with Crippen molar-refractivity contribution in [1.29, 1.82) is 0 Å². The molecule has 0 aliphatic carbocycles. The molecule has 1 fully saturated rings. The molecule has 1 N–H and O–H groups in total. The fourth-order valence-electron chi connectivity index (χ4n) is 2.56. The van der Waals surface area contributed by atoms with Crippen LogP contribution in [0.25, 0.3) is 0 Å². The first-order chi connectivity index (χ1) is 9.03. The molecule has 1 aliphatic heterocycles. The highest BCUT2D eigenvalue weighted by molar-refractivity contribution is 6.05. The molecule has 1 saturated heterocycles. The van der Waals surface area contributed by atoms with Crippen molar-refractivity contribution in [2.75, 3.05) is 6.54 Å². The number of piperidine rings is 1. The molecule has 1 atom stereocenters. The van der Waals surface area contributed by atoms with Crippen LogP contribution in [0, 0.1) is 0 Å². The highest BCUT2D eigenvalue weighted by Crippen LogP contribution is 2.28. The summed E-state index contributed by atoms with van der Waals surface area (Å²) in [4.78, 5) is 12.8. The summed E-state index contributed by atoms with van der Waals surface area (Å²) in [6, 6.07) is 7.54. The fourth-order valence-corrected chi connectivity index (χ4v) is 2.56. The first-order valence-electron chi connectivity index (χ1n) is 7.08. The van der Waals surface area contributed by atoms with Crippen molar-refractivity contribution in [2.24, 2.45) is 0 Å². The summed E-state index contributed by atoms with van der Waals surface area (Å²) in [6.45, 7) is 6.86. The van der Waals surface area contributed by atoms with Gasteiger partial charge in [-0.2, -0.15) is 0 Å². The Morgan fingerprint density at radius 1 is 1.32 bits per heavy atom. The van der Waals surface area contributed by atoms with Gasteiger partial charge in [0, 0.05) is 0 Å². The molecule has 1 aromatic carbocycles. The lowest BCUT2D eigenvalue weighted by molar-refractivity contribution is 0.0829. The van der Waals surface area contributed by atoms with E-state index in [2.05, 4.69) is 5.32 Å². The number of benzene rings is 1. The van der Waals surface area contributed by atoms with E-state index >= 15 is 0 Å². The molecule has 3 heteroatoms. The van der Waals surface area contributed by atoms with Crippen molar-refractivity contribution >= 4 is 5.78 Å². The molecular formula is C16H23NO2. The Hall–Kier alpha value is -1.35. The van der Waals surface area contributed by atoms with E-state index in [1.165, 1.54) is 0 Å². The lowest BCUT2D eigenvalue weighted by atomic mass is 9.83. The monoisotopic (exact) mass is 261 g/mol. The van der Waals surface area contributed by atoms with Crippen LogP contribution >= 0.6 is 0 Å². The quantitative estimate of drug-likeness (QED) is 0.846. The van der Waals surface area contributed by atoms with Crippen molar-refractivity contribution in [3.8, 4) is 5.75 Å². The Morgan fingerprint density at radius 2 is 2.05 bits per heavy atom. The number of Topliss-reactive ketones (excluding diaryl/α,β-unsaturated/α-hetero) is 1. The fraction of sp³-hybridized carbons (Fsp3) is 0.562. The lowest BCUT2D eigenvalue weighted by Gasteiger charge is -2.34. The SMILES string of the molecule is CC(C)Oc1ccccc1C(=O)C1(C)CCCCN1. The van der Waals surface area contributed by atoms with Crippen LogP contribution in [-0.2, 0) is 0 Å². The van der Waals surface area contributed by atoms with Gasteiger partial charge in [-0.1, -0.05) is 12.1 Å². The number of ketones is 1. The molecule has 1 aromatic rings. The number of ether oxygens (including phenoxy) is 1. The second-order valence-corrected chi connectivity index (χ2v) is 5.71. The molecule has 0 aromatic heterocycles. The van der Waals surface area contributed by atoms with Crippen LogP contribution < -0.4 is 10.1 Å². The molecule has 0 saturated carbocycles. The molecule has 1 unspecified atom stereocenters. The molecule has 3 nitrogen and oxygen atoms in total. The molecule has 0 radical (unpaired) electrons. The maximum absolute atomic E-state index is 12.8. The number of para-hydroxylation sites is 1. The summed E-state index contributed by atoms with van der Waals surface area (Å²) in [5, 5.41) is 3.37. The zero-order chi connectivity index (χ0) is 13.9. The van der Waals surface area contributed by atoms with Gasteiger partial charge in [-0.25, -0.2) is 0 Å². The first kappa shape index (κ1) is 14.1. The van der Waals surface area contributed by atoms with Gasteiger partial charge in [0.2, 0.25) is 0 Å². The highest BCUT2D eigenvalue weighted by atomic mass is 16.5. The van der Waals surface area contributed by atoms with Crippen molar-refractivity contribution in [3.63, 3.8) is 0 Å². The van der Waals surface area contributed by atoms with Gasteiger partial charge in [0.25, 0.3) is 0 Å². The number of carbonyl (C=O) groups is 1. The largest absolute Gasteiger partial charge is 0.490 e. The van der Waals surface area contributed by atoms with Crippen LogP contribution in [0.2, 0.25) is 0 Å². The zero-order valence-electron chi connectivity index (χ0n) is 12.0. The maximum atomic E-state index is 12.8. The normalized spacial score (nSPS) is 23.4. The second kappa shape index (κ2) is 5.74. The summed E-state index contributed by atoms with van der Waals surface area (Å²) in [5.74, 6) is 0.833. The van der Waals surface area contributed by atoms with Crippen molar-refractivity contribution in [2.45, 2.75) is 51.7 Å². The van der Waals surface area contributed by atoms with Crippen LogP contribution in [0.5, 0.6) is 5.75 Å². The Labute approximate surface area is 115 Å². The minimum atomic E-state index is -0.450. The van der Waals surface area contributed by atoms with Gasteiger partial charge in [-0.3, -0.25) is 4.79 Å². The van der Waals surface area contributed by atoms with Crippen LogP contribution in [0.1, 0.15) is 50.4 Å². The molecule has 1 aliphatic rings. The number of hydrogen-bond acceptors (Lipinski definition) is 3. The van der Waals surface area contributed by atoms with Crippen LogP contribution in [0.3, 0.4) is 0 Å². The first-order valence-corrected chi connectivity index (χ1v) is 7.08. The molecule has 19 heavy (non-hydrogen) atoms. The van der Waals surface area contributed by atoms with Crippen LogP contribution in [0.4, 0.5) is 0 Å². The second-order valence-electron chi connectivity index (χ2n) is 5.71. The Bertz CT molecular complexity index is 448. The smallest absolute Gasteiger partial charge is 0.186 e. The van der Waals surface area contributed by atoms with Gasteiger partial charge in [0.1, 0.15) is 5.75 Å². The molecule has 2 rings (SSSR count). The van der Waals surface area contributed by atoms with E-state index < -0.39 is 5.54 Å². The third-order valence-electron chi connectivity index (χ3n) is 3.61. The van der Waals surface area contributed by atoms with E-state index in [4.69, 9.17) is 4.74 Å². The van der Waals surface area contributed by atoms with Gasteiger partial charge in [0.05, 0.1) is 17.2 Å². The lowest BCUT2D eigenvalue weighted by Crippen LogP contribution is -2.52. The van der Waals surface area contributed by atoms with Crippen LogP contribution in [0.15, 0.2) is 24.3 Å². The summed E-state index contributed by atoms with van der Waals surface area (Å²) in [5.41, 5.74) is 0.238. The van der Waals surface area contributed by atoms with E-state index in [0.29, 0.717) is 11.3 Å². The topological polar surface area (TPSA) is 38.3 Å². The van der Waals surface area contributed by atoms with Gasteiger partial charge in [-0.15, -0.1) is 0 Å². The maximum Gasteiger partial charge on any atom is 0.186 e. The Balaban J connectivity index is 2.27. The average Bonchev–Trinajstić information content (AvgIpc) is 2.39. The Kier molecular flexibility index (Phi) is 4.25. The van der Waals surface area contributed by atoms with Gasteiger partial charge in [0.15, 0.2) is 5.78 Å². The predicted octanol–water partition coefficient (Wildman–Crippen LogP) is 3.19. The summed E-state index contributed by atoms with van der Waals surface area (Å²) in [6.07, 6.45) is 3.21. The highest BCUT2D eigenvalue weighted by Gasteiger charge is 2.36. The third-order valence-corrected chi connectivity index (χ3v) is 3.61. The number of nitrogens with one attached hydrogen (secondary N) is 1. The van der Waals surface area contributed by atoms with Gasteiger partial charge in [-0.05, 0) is 58.7 Å². The molecule has 1 heterocycles. The van der Waals surface area contributed by atoms with Gasteiger partial charge >= 0.3 is 0 Å². The van der Waals surface area contributed by atoms with E-state index in [-0.39, 0.29) is 11.9 Å². The minimum absolute atomic E-state index is 0.0704. The molecule has 104 valence electrons. The number of carbonyl (C=O) groups excluding carboxylic acids is 1. The predicted molar refractivity (Wildman–Crippen MR) is 76.8 cm³/mol. The van der Waals surface area contributed by atoms with E-state index in [1.54, 1.807) is 0 Å². The average molecular weight is 261 g/mol. The molecule has 0 amide bonds. The minimum Gasteiger partial charge on any atom is -0.490 e. The molecule has 0 spiro atoms. The Morgan fingerprint density at radius 3 is 2.68 bits per heavy atom.